The lowest BCUT2D eigenvalue weighted by Gasteiger charge is -2.18. The van der Waals surface area contributed by atoms with E-state index in [4.69, 9.17) is 14.2 Å². The molecular formula is C71H134O6. The lowest BCUT2D eigenvalue weighted by molar-refractivity contribution is -0.167. The third-order valence-electron chi connectivity index (χ3n) is 16.0. The Hall–Kier alpha value is -2.11. The average Bonchev–Trinajstić information content (AvgIpc) is 3.43. The van der Waals surface area contributed by atoms with Crippen molar-refractivity contribution in [3.05, 3.63) is 24.3 Å². The number of hydrogen-bond acceptors (Lipinski definition) is 6. The van der Waals surface area contributed by atoms with E-state index < -0.39 is 6.10 Å². The summed E-state index contributed by atoms with van der Waals surface area (Å²) in [5.41, 5.74) is 0. The summed E-state index contributed by atoms with van der Waals surface area (Å²) >= 11 is 0. The summed E-state index contributed by atoms with van der Waals surface area (Å²) in [5.74, 6) is -0.840. The Morgan fingerprint density at radius 2 is 0.468 bits per heavy atom. The van der Waals surface area contributed by atoms with Gasteiger partial charge in [-0.2, -0.15) is 0 Å². The lowest BCUT2D eigenvalue weighted by Crippen LogP contribution is -2.30. The van der Waals surface area contributed by atoms with Gasteiger partial charge in [-0.05, 0) is 51.4 Å². The molecule has 0 aliphatic carbocycles. The fourth-order valence-electron chi connectivity index (χ4n) is 10.7. The average molecular weight is 1080 g/mol. The van der Waals surface area contributed by atoms with E-state index >= 15 is 0 Å². The summed E-state index contributed by atoms with van der Waals surface area (Å²) in [7, 11) is 0. The van der Waals surface area contributed by atoms with E-state index in [1.165, 1.54) is 289 Å². The Bertz CT molecular complexity index is 1240. The van der Waals surface area contributed by atoms with E-state index in [0.29, 0.717) is 19.3 Å². The molecule has 0 bridgehead atoms. The molecule has 0 aromatic rings. The van der Waals surface area contributed by atoms with Crippen LogP contribution in [0.2, 0.25) is 0 Å². The van der Waals surface area contributed by atoms with Gasteiger partial charge in [-0.25, -0.2) is 0 Å². The molecule has 77 heavy (non-hydrogen) atoms. The van der Waals surface area contributed by atoms with Gasteiger partial charge >= 0.3 is 17.9 Å². The third-order valence-corrected chi connectivity index (χ3v) is 16.0. The van der Waals surface area contributed by atoms with Crippen LogP contribution < -0.4 is 0 Å². The Labute approximate surface area is 481 Å². The molecule has 0 radical (unpaired) electrons. The molecule has 0 aromatic heterocycles. The molecule has 0 N–H and O–H groups in total. The number of ether oxygens (including phenoxy) is 3. The van der Waals surface area contributed by atoms with E-state index in [2.05, 4.69) is 45.1 Å². The highest BCUT2D eigenvalue weighted by Crippen LogP contribution is 2.19. The van der Waals surface area contributed by atoms with Gasteiger partial charge in [0.25, 0.3) is 0 Å². The van der Waals surface area contributed by atoms with Gasteiger partial charge in [0, 0.05) is 19.3 Å². The second-order valence-electron chi connectivity index (χ2n) is 23.8. The van der Waals surface area contributed by atoms with Crippen molar-refractivity contribution in [2.24, 2.45) is 0 Å². The molecule has 0 saturated heterocycles. The zero-order valence-electron chi connectivity index (χ0n) is 52.3. The molecule has 6 heteroatoms. The molecular weight excluding hydrogens is 949 g/mol. The first-order valence-electron chi connectivity index (χ1n) is 34.8. The first-order chi connectivity index (χ1) is 38.0. The van der Waals surface area contributed by atoms with E-state index in [1.807, 2.05) is 0 Å². The molecule has 0 spiro atoms. The largest absolute Gasteiger partial charge is 0.462 e. The molecule has 0 aliphatic heterocycles. The normalized spacial score (nSPS) is 12.1. The molecule has 1 atom stereocenters. The summed E-state index contributed by atoms with van der Waals surface area (Å²) in [6.07, 6.45) is 80.7. The van der Waals surface area contributed by atoms with Crippen LogP contribution in [0.15, 0.2) is 24.3 Å². The van der Waals surface area contributed by atoms with Gasteiger partial charge in [0.2, 0.25) is 0 Å². The molecule has 0 saturated carbocycles. The third kappa shape index (κ3) is 64.6. The molecule has 454 valence electrons. The van der Waals surface area contributed by atoms with Crippen LogP contribution in [0.25, 0.3) is 0 Å². The van der Waals surface area contributed by atoms with Gasteiger partial charge in [0.15, 0.2) is 6.10 Å². The molecule has 0 aliphatic rings. The molecule has 1 unspecified atom stereocenters. The smallest absolute Gasteiger partial charge is 0.306 e. The minimum atomic E-state index is -0.768. The zero-order valence-corrected chi connectivity index (χ0v) is 52.3. The van der Waals surface area contributed by atoms with E-state index in [-0.39, 0.29) is 31.1 Å². The van der Waals surface area contributed by atoms with Crippen LogP contribution in [0.4, 0.5) is 0 Å². The van der Waals surface area contributed by atoms with Gasteiger partial charge < -0.3 is 14.2 Å². The minimum Gasteiger partial charge on any atom is -0.462 e. The van der Waals surface area contributed by atoms with Crippen molar-refractivity contribution >= 4 is 17.9 Å². The molecule has 0 fully saturated rings. The van der Waals surface area contributed by atoms with E-state index in [0.717, 1.165) is 64.2 Å². The summed E-state index contributed by atoms with van der Waals surface area (Å²) in [5, 5.41) is 0. The summed E-state index contributed by atoms with van der Waals surface area (Å²) in [4.78, 5) is 38.3. The quantitative estimate of drug-likeness (QED) is 0.0261. The topological polar surface area (TPSA) is 78.9 Å². The fourth-order valence-corrected chi connectivity index (χ4v) is 10.7. The number of carbonyl (C=O) groups excluding carboxylic acids is 3. The minimum absolute atomic E-state index is 0.0656. The van der Waals surface area contributed by atoms with Gasteiger partial charge in [0.1, 0.15) is 13.2 Å². The van der Waals surface area contributed by atoms with Gasteiger partial charge in [0.05, 0.1) is 0 Å². The molecule has 0 amide bonds. The van der Waals surface area contributed by atoms with Gasteiger partial charge in [-0.15, -0.1) is 0 Å². The van der Waals surface area contributed by atoms with Gasteiger partial charge in [-0.3, -0.25) is 14.4 Å². The standard InChI is InChI=1S/C71H134O6/c1-4-7-10-13-16-19-22-24-26-28-30-32-34-35-36-38-39-41-43-45-47-49-52-55-58-61-64-70(73)76-67-68(66-75-69(72)63-60-57-54-51-21-18-15-12-9-6-3)77-71(74)65-62-59-56-53-50-48-46-44-42-40-37-33-31-29-27-25-23-20-17-14-11-8-5-2/h23,25,29,31,68H,4-22,24,26-28,30,32-67H2,1-3H3/b25-23-,31-29-. The summed E-state index contributed by atoms with van der Waals surface area (Å²) in [6, 6.07) is 0. The fraction of sp³-hybridized carbons (Fsp3) is 0.901. The highest BCUT2D eigenvalue weighted by molar-refractivity contribution is 5.71. The van der Waals surface area contributed by atoms with Crippen molar-refractivity contribution in [2.75, 3.05) is 13.2 Å². The summed E-state index contributed by atoms with van der Waals surface area (Å²) < 4.78 is 17.0. The number of esters is 3. The molecule has 0 aromatic carbocycles. The maximum Gasteiger partial charge on any atom is 0.306 e. The molecule has 6 nitrogen and oxygen atoms in total. The highest BCUT2D eigenvalue weighted by Gasteiger charge is 2.19. The predicted molar refractivity (Wildman–Crippen MR) is 335 cm³/mol. The second kappa shape index (κ2) is 66.4. The number of hydrogen-bond donors (Lipinski definition) is 0. The molecule has 0 heterocycles. The van der Waals surface area contributed by atoms with Crippen LogP contribution in [0.3, 0.4) is 0 Å². The van der Waals surface area contributed by atoms with Crippen LogP contribution in [0, 0.1) is 0 Å². The first-order valence-corrected chi connectivity index (χ1v) is 34.8. The Balaban J connectivity index is 4.14. The SMILES string of the molecule is CCCCCCC/C=C\C/C=C\CCCCCCCCCCCCCC(=O)OC(COC(=O)CCCCCCCCCCCC)COC(=O)CCCCCCCCCCCCCCCCCCCCCCCCCCCC. The van der Waals surface area contributed by atoms with E-state index in [1.54, 1.807) is 0 Å². The van der Waals surface area contributed by atoms with Crippen molar-refractivity contribution in [3.8, 4) is 0 Å². The number of carbonyl (C=O) groups is 3. The van der Waals surface area contributed by atoms with Crippen molar-refractivity contribution in [1.29, 1.82) is 0 Å². The number of unbranched alkanes of at least 4 members (excludes halogenated alkanes) is 50. The number of allylic oxidation sites excluding steroid dienone is 4. The Morgan fingerprint density at radius 1 is 0.260 bits per heavy atom. The van der Waals surface area contributed by atoms with Crippen LogP contribution in [-0.2, 0) is 28.6 Å². The first kappa shape index (κ1) is 74.9. The van der Waals surface area contributed by atoms with Crippen LogP contribution in [-0.4, -0.2) is 37.2 Å². The van der Waals surface area contributed by atoms with E-state index in [9.17, 15) is 14.4 Å². The monoisotopic (exact) mass is 1080 g/mol. The highest BCUT2D eigenvalue weighted by atomic mass is 16.6. The van der Waals surface area contributed by atoms with Crippen molar-refractivity contribution < 1.29 is 28.6 Å². The van der Waals surface area contributed by atoms with Gasteiger partial charge in [-0.1, -0.05) is 347 Å². The lowest BCUT2D eigenvalue weighted by atomic mass is 10.0. The Morgan fingerprint density at radius 3 is 0.714 bits per heavy atom. The van der Waals surface area contributed by atoms with Crippen molar-refractivity contribution in [3.63, 3.8) is 0 Å². The molecule has 0 rings (SSSR count). The second-order valence-corrected chi connectivity index (χ2v) is 23.8. The maximum absolute atomic E-state index is 12.9. The van der Waals surface area contributed by atoms with Crippen LogP contribution >= 0.6 is 0 Å². The van der Waals surface area contributed by atoms with Crippen LogP contribution in [0.1, 0.15) is 393 Å². The number of rotatable bonds is 65. The van der Waals surface area contributed by atoms with Crippen molar-refractivity contribution in [1.82, 2.24) is 0 Å². The predicted octanol–water partition coefficient (Wildman–Crippen LogP) is 23.8. The zero-order chi connectivity index (χ0) is 55.7. The van der Waals surface area contributed by atoms with Crippen LogP contribution in [0.5, 0.6) is 0 Å². The summed E-state index contributed by atoms with van der Waals surface area (Å²) in [6.45, 7) is 6.69. The van der Waals surface area contributed by atoms with Crippen molar-refractivity contribution in [2.45, 2.75) is 399 Å². The Kier molecular flexibility index (Phi) is 64.6. The maximum atomic E-state index is 12.9.